The van der Waals surface area contributed by atoms with Crippen LogP contribution in [-0.4, -0.2) is 16.5 Å². The summed E-state index contributed by atoms with van der Waals surface area (Å²) >= 11 is 0. The topological polar surface area (TPSA) is 40.7 Å². The van der Waals surface area contributed by atoms with Gasteiger partial charge in [-0.1, -0.05) is 30.7 Å². The third-order valence-electron chi connectivity index (χ3n) is 3.75. The summed E-state index contributed by atoms with van der Waals surface area (Å²) in [5.74, 6) is 1.04. The highest BCUT2D eigenvalue weighted by Gasteiger charge is 2.03. The maximum Gasteiger partial charge on any atom is 0.108 e. The Balaban J connectivity index is 1.63. The van der Waals surface area contributed by atoms with Crippen LogP contribution in [0.5, 0.6) is 0 Å². The van der Waals surface area contributed by atoms with Crippen molar-refractivity contribution in [1.82, 2.24) is 9.97 Å². The van der Waals surface area contributed by atoms with Crippen LogP contribution >= 0.6 is 0 Å². The highest BCUT2D eigenvalue weighted by atomic mass is 14.9. The van der Waals surface area contributed by atoms with Crippen LogP contribution in [0.15, 0.2) is 42.5 Å². The lowest BCUT2D eigenvalue weighted by molar-refractivity contribution is 0.934. The molecule has 1 heterocycles. The Labute approximate surface area is 125 Å². The van der Waals surface area contributed by atoms with Gasteiger partial charge < -0.3 is 10.3 Å². The number of hydrogen-bond acceptors (Lipinski definition) is 2. The minimum Gasteiger partial charge on any atom is -0.385 e. The molecule has 0 amide bonds. The summed E-state index contributed by atoms with van der Waals surface area (Å²) in [4.78, 5) is 8.05. The summed E-state index contributed by atoms with van der Waals surface area (Å²) in [6.45, 7) is 5.15. The molecule has 0 spiro atoms. The van der Waals surface area contributed by atoms with Gasteiger partial charge in [0.2, 0.25) is 0 Å². The Hall–Kier alpha value is -2.29. The molecule has 0 bridgehead atoms. The van der Waals surface area contributed by atoms with Crippen molar-refractivity contribution in [3.05, 3.63) is 59.4 Å². The summed E-state index contributed by atoms with van der Waals surface area (Å²) in [6, 6.07) is 14.9. The molecule has 0 saturated heterocycles. The van der Waals surface area contributed by atoms with E-state index in [2.05, 4.69) is 71.6 Å². The van der Waals surface area contributed by atoms with E-state index in [0.717, 1.165) is 41.9 Å². The summed E-state index contributed by atoms with van der Waals surface area (Å²) in [5.41, 5.74) is 5.97. The maximum atomic E-state index is 4.64. The Kier molecular flexibility index (Phi) is 3.91. The van der Waals surface area contributed by atoms with Gasteiger partial charge in [-0.15, -0.1) is 0 Å². The quantitative estimate of drug-likeness (QED) is 0.738. The van der Waals surface area contributed by atoms with Gasteiger partial charge in [-0.3, -0.25) is 0 Å². The van der Waals surface area contributed by atoms with Gasteiger partial charge >= 0.3 is 0 Å². The van der Waals surface area contributed by atoms with E-state index in [4.69, 9.17) is 0 Å². The fourth-order valence-electron chi connectivity index (χ4n) is 2.44. The van der Waals surface area contributed by atoms with Crippen molar-refractivity contribution in [2.24, 2.45) is 0 Å². The molecule has 1 aromatic heterocycles. The van der Waals surface area contributed by atoms with Crippen LogP contribution in [0.4, 0.5) is 5.69 Å². The van der Waals surface area contributed by atoms with Gasteiger partial charge in [0.1, 0.15) is 5.82 Å². The average Bonchev–Trinajstić information content (AvgIpc) is 2.91. The number of benzene rings is 2. The van der Waals surface area contributed by atoms with Crippen LogP contribution in [0, 0.1) is 6.92 Å². The molecule has 0 atom stereocenters. The molecule has 0 aliphatic rings. The van der Waals surface area contributed by atoms with Crippen LogP contribution in [0.2, 0.25) is 0 Å². The molecule has 3 rings (SSSR count). The molecule has 3 nitrogen and oxygen atoms in total. The molecule has 3 heteroatoms. The number of aromatic amines is 1. The number of anilines is 1. The van der Waals surface area contributed by atoms with Gasteiger partial charge in [0.25, 0.3) is 0 Å². The lowest BCUT2D eigenvalue weighted by Gasteiger charge is -2.05. The summed E-state index contributed by atoms with van der Waals surface area (Å²) < 4.78 is 0. The second-order valence-electron chi connectivity index (χ2n) is 5.43. The van der Waals surface area contributed by atoms with Crippen molar-refractivity contribution >= 4 is 16.7 Å². The molecular weight excluding hydrogens is 258 g/mol. The van der Waals surface area contributed by atoms with E-state index < -0.39 is 0 Å². The first-order valence-corrected chi connectivity index (χ1v) is 7.52. The number of nitrogens with zero attached hydrogens (tertiary/aromatic N) is 1. The van der Waals surface area contributed by atoms with E-state index in [1.165, 1.54) is 11.1 Å². The lowest BCUT2D eigenvalue weighted by Crippen LogP contribution is -2.05. The van der Waals surface area contributed by atoms with E-state index in [1.54, 1.807) is 0 Å². The molecule has 0 saturated carbocycles. The molecule has 3 aromatic rings. The second kappa shape index (κ2) is 6.00. The molecule has 0 fully saturated rings. The summed E-state index contributed by atoms with van der Waals surface area (Å²) in [7, 11) is 0. The maximum absolute atomic E-state index is 4.64. The summed E-state index contributed by atoms with van der Waals surface area (Å²) in [6.07, 6.45) is 1.95. The number of fused-ring (bicyclic) bond motifs is 1. The first-order chi connectivity index (χ1) is 10.2. The Morgan fingerprint density at radius 2 is 1.90 bits per heavy atom. The Bertz CT molecular complexity index is 726. The number of hydrogen-bond donors (Lipinski definition) is 2. The van der Waals surface area contributed by atoms with Gasteiger partial charge in [0, 0.05) is 18.7 Å². The summed E-state index contributed by atoms with van der Waals surface area (Å²) in [5, 5.41) is 3.43. The number of aromatic nitrogens is 2. The number of nitrogens with one attached hydrogen (secondary N) is 2. The fourth-order valence-corrected chi connectivity index (χ4v) is 2.44. The smallest absolute Gasteiger partial charge is 0.108 e. The van der Waals surface area contributed by atoms with E-state index in [0.29, 0.717) is 0 Å². The normalized spacial score (nSPS) is 11.0. The minimum absolute atomic E-state index is 0.878. The number of H-pyrrole nitrogens is 1. The van der Waals surface area contributed by atoms with Gasteiger partial charge in [-0.25, -0.2) is 4.98 Å². The van der Waals surface area contributed by atoms with E-state index in [9.17, 15) is 0 Å². The molecule has 21 heavy (non-hydrogen) atoms. The van der Waals surface area contributed by atoms with Crippen LogP contribution in [-0.2, 0) is 12.8 Å². The number of rotatable bonds is 5. The Morgan fingerprint density at radius 1 is 1.10 bits per heavy atom. The molecular formula is C18H21N3. The van der Waals surface area contributed by atoms with Crippen LogP contribution in [0.25, 0.3) is 11.0 Å². The molecule has 0 aliphatic heterocycles. The van der Waals surface area contributed by atoms with Gasteiger partial charge in [0.05, 0.1) is 11.0 Å². The third-order valence-corrected chi connectivity index (χ3v) is 3.75. The molecule has 0 aliphatic carbocycles. The monoisotopic (exact) mass is 279 g/mol. The van der Waals surface area contributed by atoms with Gasteiger partial charge in [-0.2, -0.15) is 0 Å². The minimum atomic E-state index is 0.878. The highest BCUT2D eigenvalue weighted by Crippen LogP contribution is 2.15. The number of imidazole rings is 1. The molecule has 2 aromatic carbocycles. The van der Waals surface area contributed by atoms with Crippen LogP contribution in [0.3, 0.4) is 0 Å². The zero-order chi connectivity index (χ0) is 14.7. The first kappa shape index (κ1) is 13.7. The zero-order valence-electron chi connectivity index (χ0n) is 12.6. The van der Waals surface area contributed by atoms with Crippen LogP contribution < -0.4 is 5.32 Å². The van der Waals surface area contributed by atoms with Crippen molar-refractivity contribution in [2.45, 2.75) is 26.7 Å². The van der Waals surface area contributed by atoms with Crippen molar-refractivity contribution in [1.29, 1.82) is 0 Å². The van der Waals surface area contributed by atoms with Crippen LogP contribution in [0.1, 0.15) is 23.9 Å². The van der Waals surface area contributed by atoms with Crippen molar-refractivity contribution < 1.29 is 0 Å². The van der Waals surface area contributed by atoms with Crippen molar-refractivity contribution in [2.75, 3.05) is 11.9 Å². The fraction of sp³-hybridized carbons (Fsp3) is 0.278. The number of aryl methyl sites for hydroxylation is 2. The SMILES string of the molecule is CCc1ccc2nc(CCNc3ccc(C)cc3)[nH]c2c1. The lowest BCUT2D eigenvalue weighted by atomic mass is 10.1. The predicted molar refractivity (Wildman–Crippen MR) is 88.8 cm³/mol. The molecule has 108 valence electrons. The predicted octanol–water partition coefficient (Wildman–Crippen LogP) is 4.09. The van der Waals surface area contributed by atoms with Crippen molar-refractivity contribution in [3.63, 3.8) is 0 Å². The largest absolute Gasteiger partial charge is 0.385 e. The molecule has 0 unspecified atom stereocenters. The van der Waals surface area contributed by atoms with Crippen molar-refractivity contribution in [3.8, 4) is 0 Å². The van der Waals surface area contributed by atoms with Gasteiger partial charge in [0.15, 0.2) is 0 Å². The Morgan fingerprint density at radius 3 is 2.67 bits per heavy atom. The molecule has 0 radical (unpaired) electrons. The molecule has 2 N–H and O–H groups in total. The van der Waals surface area contributed by atoms with Gasteiger partial charge in [-0.05, 0) is 43.2 Å². The second-order valence-corrected chi connectivity index (χ2v) is 5.43. The standard InChI is InChI=1S/C18H21N3/c1-3-14-6-9-16-17(12-14)21-18(20-16)10-11-19-15-7-4-13(2)5-8-15/h4-9,12,19H,3,10-11H2,1-2H3,(H,20,21). The van der Waals surface area contributed by atoms with E-state index in [-0.39, 0.29) is 0 Å². The van der Waals surface area contributed by atoms with E-state index in [1.807, 2.05) is 0 Å². The van der Waals surface area contributed by atoms with E-state index >= 15 is 0 Å². The average molecular weight is 279 g/mol. The zero-order valence-corrected chi connectivity index (χ0v) is 12.6. The third kappa shape index (κ3) is 3.24. The first-order valence-electron chi connectivity index (χ1n) is 7.52. The highest BCUT2D eigenvalue weighted by molar-refractivity contribution is 5.75.